The van der Waals surface area contributed by atoms with Gasteiger partial charge in [0.1, 0.15) is 18.2 Å². The molecular formula is C27H34F4N2O3S. The second-order valence-corrected chi connectivity index (χ2v) is 11.3. The molecule has 10 heteroatoms. The Morgan fingerprint density at radius 3 is 2.32 bits per heavy atom. The number of ether oxygens (including phenoxy) is 1. The van der Waals surface area contributed by atoms with Crippen molar-refractivity contribution in [2.75, 3.05) is 25.1 Å². The highest BCUT2D eigenvalue weighted by Gasteiger charge is 2.39. The second kappa shape index (κ2) is 11.5. The minimum atomic E-state index is -4.73. The first-order chi connectivity index (χ1) is 17.3. The van der Waals surface area contributed by atoms with Gasteiger partial charge in [0.15, 0.2) is 0 Å². The maximum absolute atomic E-state index is 14.2. The van der Waals surface area contributed by atoms with E-state index < -0.39 is 41.3 Å². The van der Waals surface area contributed by atoms with Gasteiger partial charge in [-0.25, -0.2) is 8.70 Å². The number of anilines is 2. The summed E-state index contributed by atoms with van der Waals surface area (Å²) in [5.74, 6) is -1.57. The van der Waals surface area contributed by atoms with Crippen LogP contribution in [0.2, 0.25) is 0 Å². The highest BCUT2D eigenvalue weighted by Crippen LogP contribution is 2.48. The number of carboxylic acids is 1. The minimum absolute atomic E-state index is 0.0111. The van der Waals surface area contributed by atoms with Gasteiger partial charge in [-0.1, -0.05) is 26.7 Å². The SMILES string of the molecule is CCC(CC)CC1CN(c2ccc(F)cc2)c2cc(C(F)(F)F)c(OCC(C)(C)C(=O)O)cc2SN1C. The number of likely N-dealkylation sites (N-methyl/N-ethyl adjacent to an activating group) is 1. The van der Waals surface area contributed by atoms with Gasteiger partial charge in [-0.3, -0.25) is 4.79 Å². The first-order valence-electron chi connectivity index (χ1n) is 12.3. The van der Waals surface area contributed by atoms with E-state index in [1.165, 1.54) is 44.0 Å². The summed E-state index contributed by atoms with van der Waals surface area (Å²) in [6.45, 7) is 7.04. The van der Waals surface area contributed by atoms with Crippen LogP contribution >= 0.6 is 11.9 Å². The second-order valence-electron chi connectivity index (χ2n) is 10.1. The fraction of sp³-hybridized carbons (Fsp3) is 0.519. The third kappa shape index (κ3) is 6.90. The zero-order chi connectivity index (χ0) is 27.5. The molecule has 0 spiro atoms. The Morgan fingerprint density at radius 1 is 1.16 bits per heavy atom. The van der Waals surface area contributed by atoms with Crippen LogP contribution in [0.25, 0.3) is 0 Å². The largest absolute Gasteiger partial charge is 0.492 e. The van der Waals surface area contributed by atoms with Crippen molar-refractivity contribution in [3.8, 4) is 5.75 Å². The minimum Gasteiger partial charge on any atom is -0.492 e. The monoisotopic (exact) mass is 542 g/mol. The van der Waals surface area contributed by atoms with Crippen LogP contribution in [-0.4, -0.2) is 41.6 Å². The van der Waals surface area contributed by atoms with Crippen LogP contribution in [-0.2, 0) is 11.0 Å². The maximum atomic E-state index is 14.2. The first kappa shape index (κ1) is 29.1. The number of benzene rings is 2. The molecule has 37 heavy (non-hydrogen) atoms. The molecule has 1 heterocycles. The zero-order valence-electron chi connectivity index (χ0n) is 21.7. The van der Waals surface area contributed by atoms with Crippen LogP contribution in [0.4, 0.5) is 28.9 Å². The van der Waals surface area contributed by atoms with Gasteiger partial charge in [-0.2, -0.15) is 13.2 Å². The van der Waals surface area contributed by atoms with Crippen LogP contribution in [0.3, 0.4) is 0 Å². The molecule has 2 aromatic rings. The van der Waals surface area contributed by atoms with Crippen molar-refractivity contribution < 1.29 is 32.2 Å². The molecule has 0 amide bonds. The van der Waals surface area contributed by atoms with Crippen LogP contribution < -0.4 is 9.64 Å². The van der Waals surface area contributed by atoms with E-state index in [2.05, 4.69) is 18.2 Å². The number of carboxylic acid groups (broad SMARTS) is 1. The van der Waals surface area contributed by atoms with Gasteiger partial charge in [-0.05, 0) is 81.6 Å². The summed E-state index contributed by atoms with van der Waals surface area (Å²) in [6.07, 6.45) is -1.90. The number of hydrogen-bond acceptors (Lipinski definition) is 5. The van der Waals surface area contributed by atoms with Gasteiger partial charge in [-0.15, -0.1) is 0 Å². The molecular weight excluding hydrogens is 508 g/mol. The number of alkyl halides is 3. The molecule has 3 rings (SSSR count). The van der Waals surface area contributed by atoms with Crippen molar-refractivity contribution in [3.05, 3.63) is 47.8 Å². The molecule has 0 saturated heterocycles. The van der Waals surface area contributed by atoms with Crippen LogP contribution in [0.1, 0.15) is 52.5 Å². The van der Waals surface area contributed by atoms with Crippen molar-refractivity contribution >= 4 is 29.3 Å². The molecule has 0 saturated carbocycles. The van der Waals surface area contributed by atoms with Gasteiger partial charge in [0, 0.05) is 18.3 Å². The third-order valence-electron chi connectivity index (χ3n) is 6.87. The van der Waals surface area contributed by atoms with E-state index in [9.17, 15) is 27.5 Å². The van der Waals surface area contributed by atoms with Crippen molar-refractivity contribution in [3.63, 3.8) is 0 Å². The van der Waals surface area contributed by atoms with Gasteiger partial charge >= 0.3 is 12.1 Å². The van der Waals surface area contributed by atoms with Gasteiger partial charge in [0.25, 0.3) is 0 Å². The number of fused-ring (bicyclic) bond motifs is 1. The summed E-state index contributed by atoms with van der Waals surface area (Å²) in [5, 5.41) is 9.39. The van der Waals surface area contributed by atoms with E-state index >= 15 is 0 Å². The molecule has 0 aliphatic carbocycles. The Hall–Kier alpha value is -2.46. The Balaban J connectivity index is 2.13. The molecule has 0 radical (unpaired) electrons. The zero-order valence-corrected chi connectivity index (χ0v) is 22.5. The molecule has 0 bridgehead atoms. The molecule has 1 atom stereocenters. The van der Waals surface area contributed by atoms with E-state index in [1.54, 1.807) is 17.0 Å². The van der Waals surface area contributed by atoms with Gasteiger partial charge in [0.2, 0.25) is 0 Å². The summed E-state index contributed by atoms with van der Waals surface area (Å²) in [4.78, 5) is 13.8. The molecule has 5 nitrogen and oxygen atoms in total. The predicted octanol–water partition coefficient (Wildman–Crippen LogP) is 7.62. The highest BCUT2D eigenvalue weighted by atomic mass is 32.2. The number of carbonyl (C=O) groups is 1. The summed E-state index contributed by atoms with van der Waals surface area (Å²) in [7, 11) is 1.92. The highest BCUT2D eigenvalue weighted by molar-refractivity contribution is 7.97. The number of hydrogen-bond donors (Lipinski definition) is 1. The summed E-state index contributed by atoms with van der Waals surface area (Å²) in [5.41, 5.74) is -1.43. The van der Waals surface area contributed by atoms with Crippen molar-refractivity contribution in [1.82, 2.24) is 4.31 Å². The quantitative estimate of drug-likeness (QED) is 0.260. The smallest absolute Gasteiger partial charge is 0.420 e. The Labute approximate surface area is 219 Å². The van der Waals surface area contributed by atoms with Crippen LogP contribution in [0, 0.1) is 17.2 Å². The number of aliphatic carboxylic acids is 1. The van der Waals surface area contributed by atoms with Crippen LogP contribution in [0.5, 0.6) is 5.75 Å². The molecule has 0 aromatic heterocycles. The average Bonchev–Trinajstić information content (AvgIpc) is 2.96. The molecule has 2 aromatic carbocycles. The molecule has 204 valence electrons. The lowest BCUT2D eigenvalue weighted by molar-refractivity contribution is -0.148. The summed E-state index contributed by atoms with van der Waals surface area (Å²) < 4.78 is 63.9. The molecule has 1 aliphatic rings. The fourth-order valence-corrected chi connectivity index (χ4v) is 5.28. The molecule has 1 N–H and O–H groups in total. The number of nitrogens with zero attached hydrogens (tertiary/aromatic N) is 2. The third-order valence-corrected chi connectivity index (χ3v) is 7.98. The van der Waals surface area contributed by atoms with E-state index in [0.717, 1.165) is 25.3 Å². The van der Waals surface area contributed by atoms with Crippen molar-refractivity contribution in [2.45, 2.75) is 64.1 Å². The topological polar surface area (TPSA) is 53.0 Å². The first-order valence-corrected chi connectivity index (χ1v) is 13.1. The summed E-state index contributed by atoms with van der Waals surface area (Å²) in [6, 6.07) is 8.13. The standard InChI is InChI=1S/C27H34F4N2O3S/c1-6-17(7-2)12-20-15-33(19-10-8-18(28)9-11-19)22-13-21(27(29,30)31)23(14-24(22)37-32(20)5)36-16-26(3,4)25(34)35/h8-11,13-14,17,20H,6-7,12,15-16H2,1-5H3,(H,34,35). The number of halogens is 4. The van der Waals surface area contributed by atoms with Gasteiger partial charge < -0.3 is 14.7 Å². The van der Waals surface area contributed by atoms with E-state index in [1.807, 2.05) is 7.05 Å². The van der Waals surface area contributed by atoms with Crippen molar-refractivity contribution in [2.24, 2.45) is 11.3 Å². The Morgan fingerprint density at radius 2 is 1.78 bits per heavy atom. The lowest BCUT2D eigenvalue weighted by Crippen LogP contribution is -2.37. The maximum Gasteiger partial charge on any atom is 0.420 e. The van der Waals surface area contributed by atoms with E-state index in [-0.39, 0.29) is 6.04 Å². The summed E-state index contributed by atoms with van der Waals surface area (Å²) >= 11 is 1.33. The van der Waals surface area contributed by atoms with Gasteiger partial charge in [0.05, 0.1) is 21.6 Å². The predicted molar refractivity (Wildman–Crippen MR) is 138 cm³/mol. The molecule has 0 fully saturated rings. The Kier molecular flexibility index (Phi) is 9.06. The van der Waals surface area contributed by atoms with Crippen LogP contribution in [0.15, 0.2) is 41.3 Å². The van der Waals surface area contributed by atoms with E-state index in [0.29, 0.717) is 28.7 Å². The molecule has 1 aliphatic heterocycles. The van der Waals surface area contributed by atoms with E-state index in [4.69, 9.17) is 4.74 Å². The van der Waals surface area contributed by atoms with Crippen molar-refractivity contribution in [1.29, 1.82) is 0 Å². The molecule has 1 unspecified atom stereocenters. The normalized spacial score (nSPS) is 17.0. The lowest BCUT2D eigenvalue weighted by Gasteiger charge is -2.32. The fourth-order valence-electron chi connectivity index (χ4n) is 4.24. The Bertz CT molecular complexity index is 1090. The average molecular weight is 543 g/mol. The lowest BCUT2D eigenvalue weighted by atomic mass is 9.94. The number of rotatable bonds is 9.